The molecule has 54 heavy (non-hydrogen) atoms. The van der Waals surface area contributed by atoms with Gasteiger partial charge in [0.25, 0.3) is 11.8 Å². The van der Waals surface area contributed by atoms with Crippen LogP contribution in [0.4, 0.5) is 4.39 Å². The SMILES string of the molecule is Cc1nc(C(=O)NC2CCC(NC(=O)c3cc(F)cnc3Oc3cccc(-c4ccc(CN5C[C@@H](C)N[C@@H](C)C5)cc4CN4CCSCC4)c3)CC2)cs1. The molecule has 2 atom stereocenters. The van der Waals surface area contributed by atoms with Crippen LogP contribution in [-0.4, -0.2) is 93.4 Å². The first kappa shape index (κ1) is 38.4. The van der Waals surface area contributed by atoms with Gasteiger partial charge in [-0.3, -0.25) is 19.4 Å². The zero-order valence-electron chi connectivity index (χ0n) is 31.3. The van der Waals surface area contributed by atoms with Crippen molar-refractivity contribution in [1.29, 1.82) is 0 Å². The maximum Gasteiger partial charge on any atom is 0.270 e. The van der Waals surface area contributed by atoms with Gasteiger partial charge in [-0.1, -0.05) is 30.3 Å². The number of carbonyl (C=O) groups is 2. The lowest BCUT2D eigenvalue weighted by Gasteiger charge is -2.36. The van der Waals surface area contributed by atoms with Gasteiger partial charge in [0.1, 0.15) is 22.8 Å². The van der Waals surface area contributed by atoms with Crippen molar-refractivity contribution in [3.63, 3.8) is 0 Å². The number of nitrogens with one attached hydrogen (secondary N) is 3. The van der Waals surface area contributed by atoms with E-state index in [9.17, 15) is 14.0 Å². The number of thioether (sulfide) groups is 1. The summed E-state index contributed by atoms with van der Waals surface area (Å²) in [4.78, 5) is 39.7. The van der Waals surface area contributed by atoms with Crippen LogP contribution in [0.5, 0.6) is 11.6 Å². The van der Waals surface area contributed by atoms with Crippen molar-refractivity contribution in [3.8, 4) is 22.8 Å². The average Bonchev–Trinajstić information content (AvgIpc) is 3.60. The lowest BCUT2D eigenvalue weighted by Crippen LogP contribution is -2.53. The fourth-order valence-corrected chi connectivity index (χ4v) is 9.44. The average molecular weight is 772 g/mol. The molecule has 4 aromatic rings. The fourth-order valence-electron chi connectivity index (χ4n) is 7.87. The molecule has 10 nitrogen and oxygen atoms in total. The largest absolute Gasteiger partial charge is 0.438 e. The maximum absolute atomic E-state index is 14.5. The molecule has 286 valence electrons. The Balaban J connectivity index is 1.04. The van der Waals surface area contributed by atoms with Gasteiger partial charge in [-0.2, -0.15) is 11.8 Å². The van der Waals surface area contributed by atoms with E-state index < -0.39 is 11.7 Å². The molecule has 1 saturated carbocycles. The molecular weight excluding hydrogens is 722 g/mol. The summed E-state index contributed by atoms with van der Waals surface area (Å²) >= 11 is 3.46. The van der Waals surface area contributed by atoms with Gasteiger partial charge in [-0.05, 0) is 86.9 Å². The van der Waals surface area contributed by atoms with E-state index in [2.05, 4.69) is 73.8 Å². The van der Waals surface area contributed by atoms with Gasteiger partial charge in [-0.15, -0.1) is 11.3 Å². The Morgan fingerprint density at radius 3 is 2.35 bits per heavy atom. The first-order valence-corrected chi connectivity index (χ1v) is 21.1. The Bertz CT molecular complexity index is 1920. The first-order valence-electron chi connectivity index (χ1n) is 19.0. The summed E-state index contributed by atoms with van der Waals surface area (Å²) in [7, 11) is 0. The molecule has 0 spiro atoms. The summed E-state index contributed by atoms with van der Waals surface area (Å²) in [6.45, 7) is 12.3. The third-order valence-corrected chi connectivity index (χ3v) is 12.1. The minimum Gasteiger partial charge on any atom is -0.438 e. The number of amides is 2. The second kappa shape index (κ2) is 17.7. The summed E-state index contributed by atoms with van der Waals surface area (Å²) in [5.41, 5.74) is 5.21. The molecule has 0 bridgehead atoms. The van der Waals surface area contributed by atoms with E-state index >= 15 is 0 Å². The van der Waals surface area contributed by atoms with Crippen molar-refractivity contribution in [2.24, 2.45) is 0 Å². The smallest absolute Gasteiger partial charge is 0.270 e. The van der Waals surface area contributed by atoms with Gasteiger partial charge in [0.15, 0.2) is 0 Å². The van der Waals surface area contributed by atoms with Crippen LogP contribution >= 0.6 is 23.1 Å². The van der Waals surface area contributed by atoms with Crippen molar-refractivity contribution >= 4 is 34.9 Å². The summed E-state index contributed by atoms with van der Waals surface area (Å²) in [6, 6.07) is 16.7. The van der Waals surface area contributed by atoms with E-state index in [0.717, 1.165) is 73.1 Å². The Labute approximate surface area is 325 Å². The molecule has 3 N–H and O–H groups in total. The molecule has 7 rings (SSSR count). The number of ether oxygens (including phenoxy) is 1. The van der Waals surface area contributed by atoms with Crippen LogP contribution in [0.25, 0.3) is 11.1 Å². The molecule has 2 aromatic carbocycles. The van der Waals surface area contributed by atoms with Gasteiger partial charge >= 0.3 is 0 Å². The molecule has 2 aromatic heterocycles. The number of hydrogen-bond acceptors (Lipinski definition) is 10. The van der Waals surface area contributed by atoms with Crippen molar-refractivity contribution < 1.29 is 18.7 Å². The second-order valence-electron chi connectivity index (χ2n) is 14.9. The Morgan fingerprint density at radius 2 is 1.65 bits per heavy atom. The highest BCUT2D eigenvalue weighted by molar-refractivity contribution is 7.99. The number of aromatic nitrogens is 2. The Morgan fingerprint density at radius 1 is 0.926 bits per heavy atom. The van der Waals surface area contributed by atoms with E-state index in [-0.39, 0.29) is 29.4 Å². The molecule has 1 aliphatic carbocycles. The number of thiazole rings is 1. The van der Waals surface area contributed by atoms with Gasteiger partial charge in [0.2, 0.25) is 5.88 Å². The van der Waals surface area contributed by atoms with E-state index in [1.165, 1.54) is 28.5 Å². The molecule has 2 amide bonds. The van der Waals surface area contributed by atoms with Crippen LogP contribution in [0, 0.1) is 12.7 Å². The van der Waals surface area contributed by atoms with Crippen molar-refractivity contribution in [2.75, 3.05) is 37.7 Å². The number of pyridine rings is 1. The minimum atomic E-state index is -0.615. The second-order valence-corrected chi connectivity index (χ2v) is 17.2. The summed E-state index contributed by atoms with van der Waals surface area (Å²) in [5.74, 6) is 1.62. The maximum atomic E-state index is 14.5. The van der Waals surface area contributed by atoms with Crippen LogP contribution in [-0.2, 0) is 13.1 Å². The quantitative estimate of drug-likeness (QED) is 0.155. The molecule has 3 aliphatic rings. The Kier molecular flexibility index (Phi) is 12.6. The van der Waals surface area contributed by atoms with Gasteiger partial charge < -0.3 is 20.7 Å². The molecule has 13 heteroatoms. The normalized spacial score (nSPS) is 22.4. The minimum absolute atomic E-state index is 0.00472. The molecule has 0 unspecified atom stereocenters. The third-order valence-electron chi connectivity index (χ3n) is 10.4. The third kappa shape index (κ3) is 10.0. The van der Waals surface area contributed by atoms with Crippen LogP contribution in [0.2, 0.25) is 0 Å². The molecule has 3 fully saturated rings. The van der Waals surface area contributed by atoms with E-state index in [1.807, 2.05) is 36.9 Å². The fraction of sp³-hybridized carbons (Fsp3) is 0.463. The number of piperazine rings is 1. The molecular formula is C41H50FN7O3S2. The van der Waals surface area contributed by atoms with Crippen molar-refractivity contribution in [2.45, 2.75) is 83.7 Å². The Hall–Kier alpha value is -3.88. The predicted octanol–water partition coefficient (Wildman–Crippen LogP) is 6.65. The van der Waals surface area contributed by atoms with Crippen molar-refractivity contribution in [3.05, 3.63) is 93.3 Å². The number of benzene rings is 2. The first-order chi connectivity index (χ1) is 26.1. The number of rotatable bonds is 11. The number of carbonyl (C=O) groups excluding carboxylic acids is 2. The van der Waals surface area contributed by atoms with Gasteiger partial charge in [-0.25, -0.2) is 14.4 Å². The standard InChI is InChI=1S/C41H50FN7O3S2/c1-26-21-49(22-27(2)44-26)23-29-7-12-36(31(17-29)24-48-13-15-53-16-14-48)30-5-4-6-35(18-30)52-41-37(19-32(42)20-43-41)39(50)46-33-8-10-34(11-9-33)47-40(51)38-25-54-28(3)45-38/h4-7,12,17-20,25-27,33-34,44H,8-11,13-16,21-24H2,1-3H3,(H,46,50)(H,47,51)/t26-,27+,33?,34?. The monoisotopic (exact) mass is 771 g/mol. The highest BCUT2D eigenvalue weighted by Gasteiger charge is 2.27. The summed E-state index contributed by atoms with van der Waals surface area (Å²) in [5, 5.41) is 12.4. The van der Waals surface area contributed by atoms with E-state index in [0.29, 0.717) is 49.2 Å². The van der Waals surface area contributed by atoms with Crippen LogP contribution in [0.3, 0.4) is 0 Å². The lowest BCUT2D eigenvalue weighted by molar-refractivity contribution is 0.0888. The van der Waals surface area contributed by atoms with E-state index in [1.54, 1.807) is 5.38 Å². The van der Waals surface area contributed by atoms with E-state index in [4.69, 9.17) is 4.74 Å². The molecule has 2 aliphatic heterocycles. The molecule has 4 heterocycles. The number of halogens is 1. The number of hydrogen-bond donors (Lipinski definition) is 3. The topological polar surface area (TPSA) is 112 Å². The van der Waals surface area contributed by atoms with Crippen LogP contribution in [0.1, 0.15) is 76.5 Å². The number of aryl methyl sites for hydroxylation is 1. The molecule has 0 radical (unpaired) electrons. The van der Waals surface area contributed by atoms with Gasteiger partial charge in [0, 0.05) is 80.3 Å². The lowest BCUT2D eigenvalue weighted by atomic mass is 9.91. The summed E-state index contributed by atoms with van der Waals surface area (Å²) in [6.07, 6.45) is 3.86. The highest BCUT2D eigenvalue weighted by atomic mass is 32.2. The highest BCUT2D eigenvalue weighted by Crippen LogP contribution is 2.33. The zero-order chi connectivity index (χ0) is 37.6. The number of nitrogens with zero attached hydrogens (tertiary/aromatic N) is 4. The van der Waals surface area contributed by atoms with Crippen LogP contribution in [0.15, 0.2) is 60.1 Å². The zero-order valence-corrected chi connectivity index (χ0v) is 32.9. The van der Waals surface area contributed by atoms with Crippen molar-refractivity contribution in [1.82, 2.24) is 35.7 Å². The molecule has 2 saturated heterocycles. The predicted molar refractivity (Wildman–Crippen MR) is 214 cm³/mol. The van der Waals surface area contributed by atoms with Gasteiger partial charge in [0.05, 0.1) is 11.2 Å². The van der Waals surface area contributed by atoms with Crippen LogP contribution < -0.4 is 20.7 Å². The summed E-state index contributed by atoms with van der Waals surface area (Å²) < 4.78 is 20.8.